The fraction of sp³-hybridized carbons (Fsp3) is 0.394. The number of hydrogen-bond acceptors (Lipinski definition) is 8. The Kier molecular flexibility index (Phi) is 12.3. The molecular weight excluding hydrogens is 514 g/mol. The van der Waals surface area contributed by atoms with Crippen molar-refractivity contribution >= 4 is 0 Å². The summed E-state index contributed by atoms with van der Waals surface area (Å²) in [7, 11) is 0. The van der Waals surface area contributed by atoms with Crippen molar-refractivity contribution in [2.75, 3.05) is 13.1 Å². The van der Waals surface area contributed by atoms with Gasteiger partial charge in [-0.1, -0.05) is 91.0 Å². The highest BCUT2D eigenvalue weighted by atomic mass is 16.5. The Morgan fingerprint density at radius 3 is 1.24 bits per heavy atom. The highest BCUT2D eigenvalue weighted by Crippen LogP contribution is 2.29. The number of nitriles is 2. The van der Waals surface area contributed by atoms with Crippen LogP contribution in [0.3, 0.4) is 0 Å². The van der Waals surface area contributed by atoms with E-state index in [2.05, 4.69) is 22.8 Å². The van der Waals surface area contributed by atoms with E-state index in [1.165, 1.54) is 0 Å². The molecule has 0 bridgehead atoms. The zero-order valence-corrected chi connectivity index (χ0v) is 23.3. The van der Waals surface area contributed by atoms with E-state index in [-0.39, 0.29) is 12.1 Å². The Labute approximate surface area is 243 Å². The zero-order chi connectivity index (χ0) is 28.7. The van der Waals surface area contributed by atoms with Crippen LogP contribution in [-0.2, 0) is 34.0 Å². The van der Waals surface area contributed by atoms with Gasteiger partial charge in [0.1, 0.15) is 0 Å². The lowest BCUT2D eigenvalue weighted by atomic mass is 9.79. The molecule has 1 saturated carbocycles. The molecule has 3 aromatic carbocycles. The normalized spacial score (nSPS) is 23.9. The summed E-state index contributed by atoms with van der Waals surface area (Å²) in [5.74, 6) is 0. The van der Waals surface area contributed by atoms with Gasteiger partial charge in [0.15, 0.2) is 0 Å². The molecule has 6 atom stereocenters. The monoisotopic (exact) mass is 553 g/mol. The highest BCUT2D eigenvalue weighted by molar-refractivity contribution is 5.17. The maximum Gasteiger partial charge on any atom is 0.0937 e. The minimum Gasteiger partial charge on any atom is -0.370 e. The molecule has 1 aliphatic carbocycles. The fourth-order valence-electron chi connectivity index (χ4n) is 5.25. The lowest BCUT2D eigenvalue weighted by molar-refractivity contribution is -0.157. The third-order valence-electron chi connectivity index (χ3n) is 7.26. The number of ether oxygens (including phenoxy) is 3. The van der Waals surface area contributed by atoms with Crippen LogP contribution in [0.5, 0.6) is 0 Å². The Hall–Kier alpha value is -3.60. The minimum atomic E-state index is -0.516. The van der Waals surface area contributed by atoms with E-state index in [0.29, 0.717) is 45.8 Å². The van der Waals surface area contributed by atoms with Gasteiger partial charge in [0, 0.05) is 25.9 Å². The van der Waals surface area contributed by atoms with E-state index in [0.717, 1.165) is 16.7 Å². The summed E-state index contributed by atoms with van der Waals surface area (Å²) < 4.78 is 19.8. The number of nitrogens with two attached hydrogens (primary N) is 1. The molecule has 214 valence electrons. The highest BCUT2D eigenvalue weighted by Gasteiger charge is 2.51. The Balaban J connectivity index is 1.65. The Morgan fingerprint density at radius 1 is 0.561 bits per heavy atom. The van der Waals surface area contributed by atoms with Crippen LogP contribution in [0, 0.1) is 22.7 Å². The van der Waals surface area contributed by atoms with Crippen LogP contribution in [0.4, 0.5) is 0 Å². The van der Waals surface area contributed by atoms with Crippen LogP contribution in [-0.4, -0.2) is 49.5 Å². The van der Waals surface area contributed by atoms with Gasteiger partial charge in [-0.05, 0) is 16.7 Å². The fourth-order valence-corrected chi connectivity index (χ4v) is 5.25. The van der Waals surface area contributed by atoms with Gasteiger partial charge in [-0.15, -0.1) is 0 Å². The summed E-state index contributed by atoms with van der Waals surface area (Å²) >= 11 is 0. The zero-order valence-electron chi connectivity index (χ0n) is 23.3. The van der Waals surface area contributed by atoms with E-state index in [1.54, 1.807) is 0 Å². The van der Waals surface area contributed by atoms with Crippen LogP contribution < -0.4 is 16.4 Å². The molecule has 0 heterocycles. The van der Waals surface area contributed by atoms with Gasteiger partial charge in [0.2, 0.25) is 0 Å². The molecule has 1 fully saturated rings. The summed E-state index contributed by atoms with van der Waals surface area (Å²) in [6, 6.07) is 33.2. The average Bonchev–Trinajstić information content (AvgIpc) is 3.02. The number of hydrogen-bond donors (Lipinski definition) is 3. The van der Waals surface area contributed by atoms with Crippen LogP contribution in [0.1, 0.15) is 29.5 Å². The SMILES string of the molecule is N#CCCN[C@@H]1[C@H](OCc2ccccc2)[C@H](NCCC#N)[C@H](OCc2ccccc2)[C@H](N)[C@@H]1OCc1ccccc1. The van der Waals surface area contributed by atoms with E-state index in [1.807, 2.05) is 91.0 Å². The van der Waals surface area contributed by atoms with Crippen molar-refractivity contribution in [1.29, 1.82) is 10.5 Å². The van der Waals surface area contributed by atoms with Crippen LogP contribution in [0.15, 0.2) is 91.0 Å². The van der Waals surface area contributed by atoms with Crippen molar-refractivity contribution in [3.05, 3.63) is 108 Å². The number of benzene rings is 3. The van der Waals surface area contributed by atoms with Crippen molar-refractivity contribution < 1.29 is 14.2 Å². The van der Waals surface area contributed by atoms with E-state index < -0.39 is 24.4 Å². The number of nitrogens with one attached hydrogen (secondary N) is 2. The molecular formula is C33H39N5O3. The van der Waals surface area contributed by atoms with Crippen LogP contribution in [0.25, 0.3) is 0 Å². The molecule has 0 saturated heterocycles. The molecule has 3 aromatic rings. The first-order valence-electron chi connectivity index (χ1n) is 14.1. The first-order valence-corrected chi connectivity index (χ1v) is 14.1. The molecule has 4 N–H and O–H groups in total. The molecule has 8 nitrogen and oxygen atoms in total. The summed E-state index contributed by atoms with van der Waals surface area (Å²) in [4.78, 5) is 0. The van der Waals surface area contributed by atoms with Crippen molar-refractivity contribution in [1.82, 2.24) is 10.6 Å². The van der Waals surface area contributed by atoms with Crippen LogP contribution in [0.2, 0.25) is 0 Å². The molecule has 0 aliphatic heterocycles. The van der Waals surface area contributed by atoms with Gasteiger partial charge < -0.3 is 30.6 Å². The summed E-state index contributed by atoms with van der Waals surface area (Å²) in [5, 5.41) is 25.6. The number of rotatable bonds is 15. The van der Waals surface area contributed by atoms with Crippen molar-refractivity contribution in [3.8, 4) is 12.1 Å². The summed E-state index contributed by atoms with van der Waals surface area (Å²) in [6.07, 6.45) is -0.686. The molecule has 0 aromatic heterocycles. The molecule has 4 rings (SSSR count). The molecule has 41 heavy (non-hydrogen) atoms. The lowest BCUT2D eigenvalue weighted by Gasteiger charge is -2.50. The standard InChI is InChI=1S/C33H39N5O3/c34-18-10-20-37-29-31(39-22-25-12-4-1-5-13-25)28(36)32(40-23-26-14-6-2-7-15-26)30(38-21-11-19-35)33(29)41-24-27-16-8-3-9-17-27/h1-9,12-17,28-33,37-38H,10-11,20-24,36H2/t28-,29+,30-,31+,32-,33+. The summed E-state index contributed by atoms with van der Waals surface area (Å²) in [5.41, 5.74) is 10.1. The predicted octanol–water partition coefficient (Wildman–Crippen LogP) is 3.83. The quantitative estimate of drug-likeness (QED) is 0.243. The van der Waals surface area contributed by atoms with E-state index >= 15 is 0 Å². The maximum atomic E-state index is 9.26. The average molecular weight is 554 g/mol. The van der Waals surface area contributed by atoms with Gasteiger partial charge in [0.05, 0.1) is 68.4 Å². The third-order valence-corrected chi connectivity index (χ3v) is 7.26. The molecule has 0 amide bonds. The van der Waals surface area contributed by atoms with Gasteiger partial charge in [0.25, 0.3) is 0 Å². The second kappa shape index (κ2) is 16.6. The minimum absolute atomic E-state index is 0.332. The maximum absolute atomic E-state index is 9.26. The van der Waals surface area contributed by atoms with Gasteiger partial charge in [-0.2, -0.15) is 10.5 Å². The van der Waals surface area contributed by atoms with E-state index in [9.17, 15) is 10.5 Å². The van der Waals surface area contributed by atoms with Crippen molar-refractivity contribution in [3.63, 3.8) is 0 Å². The topological polar surface area (TPSA) is 125 Å². The van der Waals surface area contributed by atoms with Crippen molar-refractivity contribution in [2.45, 2.75) is 69.1 Å². The number of nitrogens with zero attached hydrogens (tertiary/aromatic N) is 2. The predicted molar refractivity (Wildman–Crippen MR) is 157 cm³/mol. The van der Waals surface area contributed by atoms with Gasteiger partial charge in [-0.25, -0.2) is 0 Å². The molecule has 0 spiro atoms. The molecule has 0 unspecified atom stereocenters. The Morgan fingerprint density at radius 2 is 0.902 bits per heavy atom. The van der Waals surface area contributed by atoms with E-state index in [4.69, 9.17) is 19.9 Å². The second-order valence-electron chi connectivity index (χ2n) is 10.1. The summed E-state index contributed by atoms with van der Waals surface area (Å²) in [6.45, 7) is 2.05. The smallest absolute Gasteiger partial charge is 0.0937 e. The third kappa shape index (κ3) is 8.94. The first-order chi connectivity index (χ1) is 20.2. The van der Waals surface area contributed by atoms with Gasteiger partial charge >= 0.3 is 0 Å². The van der Waals surface area contributed by atoms with Crippen LogP contribution >= 0.6 is 0 Å². The lowest BCUT2D eigenvalue weighted by Crippen LogP contribution is -2.74. The first kappa shape index (κ1) is 30.4. The van der Waals surface area contributed by atoms with Gasteiger partial charge in [-0.3, -0.25) is 0 Å². The molecule has 0 radical (unpaired) electrons. The molecule has 8 heteroatoms. The Bertz CT molecular complexity index is 1160. The second-order valence-corrected chi connectivity index (χ2v) is 10.1. The molecule has 1 aliphatic rings. The van der Waals surface area contributed by atoms with Crippen molar-refractivity contribution in [2.24, 2.45) is 5.73 Å². The largest absolute Gasteiger partial charge is 0.370 e.